The lowest BCUT2D eigenvalue weighted by Crippen LogP contribution is -2.37. The topological polar surface area (TPSA) is 61.8 Å². The number of aliphatic carboxylic acids is 1. The molecule has 0 radical (unpaired) electrons. The maximum atomic E-state index is 10.7. The van der Waals surface area contributed by atoms with Crippen LogP contribution in [0.25, 0.3) is 0 Å². The number of carboxylic acids is 1. The van der Waals surface area contributed by atoms with Gasteiger partial charge in [0.1, 0.15) is 0 Å². The first-order valence-electron chi connectivity index (χ1n) is 6.67. The highest BCUT2D eigenvalue weighted by Gasteiger charge is 2.08. The fourth-order valence-electron chi connectivity index (χ4n) is 1.93. The largest absolute Gasteiger partial charge is 0.478 e. The van der Waals surface area contributed by atoms with E-state index in [1.54, 1.807) is 6.08 Å². The standard InChI is InChI=1S/C13H24N2O3/c1-2-12(13(16)17)4-6-14-5-3-7-15-8-10-18-11-9-15/h4,14H,2-3,5-11H2,1H3,(H,16,17). The zero-order valence-electron chi connectivity index (χ0n) is 11.2. The molecule has 0 bridgehead atoms. The monoisotopic (exact) mass is 256 g/mol. The molecule has 5 nitrogen and oxygen atoms in total. The van der Waals surface area contributed by atoms with Crippen molar-refractivity contribution in [1.29, 1.82) is 0 Å². The molecule has 1 saturated heterocycles. The highest BCUT2D eigenvalue weighted by molar-refractivity contribution is 5.86. The SMILES string of the molecule is CCC(=CCNCCCN1CCOCC1)C(=O)O. The van der Waals surface area contributed by atoms with E-state index in [0.29, 0.717) is 18.5 Å². The molecule has 0 aromatic rings. The van der Waals surface area contributed by atoms with E-state index in [4.69, 9.17) is 9.84 Å². The van der Waals surface area contributed by atoms with E-state index in [9.17, 15) is 4.79 Å². The van der Waals surface area contributed by atoms with E-state index in [0.717, 1.165) is 45.8 Å². The van der Waals surface area contributed by atoms with Gasteiger partial charge in [-0.25, -0.2) is 4.79 Å². The van der Waals surface area contributed by atoms with Gasteiger partial charge in [-0.2, -0.15) is 0 Å². The summed E-state index contributed by atoms with van der Waals surface area (Å²) in [6.45, 7) is 8.24. The molecule has 2 N–H and O–H groups in total. The van der Waals surface area contributed by atoms with Crippen LogP contribution >= 0.6 is 0 Å². The molecule has 0 amide bonds. The van der Waals surface area contributed by atoms with Gasteiger partial charge in [0.2, 0.25) is 0 Å². The minimum Gasteiger partial charge on any atom is -0.478 e. The molecule has 0 atom stereocenters. The van der Waals surface area contributed by atoms with Gasteiger partial charge in [-0.1, -0.05) is 13.0 Å². The van der Waals surface area contributed by atoms with Crippen molar-refractivity contribution in [3.05, 3.63) is 11.6 Å². The Labute approximate surface area is 109 Å². The summed E-state index contributed by atoms with van der Waals surface area (Å²) in [6.07, 6.45) is 3.42. The molecule has 5 heteroatoms. The van der Waals surface area contributed by atoms with E-state index >= 15 is 0 Å². The van der Waals surface area contributed by atoms with E-state index in [1.807, 2.05) is 6.92 Å². The first-order valence-corrected chi connectivity index (χ1v) is 6.67. The van der Waals surface area contributed by atoms with Gasteiger partial charge < -0.3 is 15.2 Å². The third-order valence-corrected chi connectivity index (χ3v) is 3.08. The number of nitrogens with zero attached hydrogens (tertiary/aromatic N) is 1. The summed E-state index contributed by atoms with van der Waals surface area (Å²) in [4.78, 5) is 13.1. The highest BCUT2D eigenvalue weighted by atomic mass is 16.5. The third kappa shape index (κ3) is 6.14. The van der Waals surface area contributed by atoms with Crippen LogP contribution in [0.5, 0.6) is 0 Å². The Morgan fingerprint density at radius 3 is 2.78 bits per heavy atom. The molecule has 104 valence electrons. The van der Waals surface area contributed by atoms with Crippen molar-refractivity contribution in [1.82, 2.24) is 10.2 Å². The molecule has 0 aromatic carbocycles. The van der Waals surface area contributed by atoms with Crippen LogP contribution in [0.3, 0.4) is 0 Å². The third-order valence-electron chi connectivity index (χ3n) is 3.08. The summed E-state index contributed by atoms with van der Waals surface area (Å²) < 4.78 is 5.29. The second kappa shape index (κ2) is 9.08. The van der Waals surface area contributed by atoms with Crippen LogP contribution in [0.2, 0.25) is 0 Å². The van der Waals surface area contributed by atoms with Gasteiger partial charge >= 0.3 is 5.97 Å². The maximum absolute atomic E-state index is 10.7. The average molecular weight is 256 g/mol. The molecule has 0 spiro atoms. The number of hydrogen-bond acceptors (Lipinski definition) is 4. The van der Waals surface area contributed by atoms with Crippen molar-refractivity contribution >= 4 is 5.97 Å². The number of ether oxygens (including phenoxy) is 1. The number of carbonyl (C=O) groups is 1. The first-order chi connectivity index (χ1) is 8.74. The van der Waals surface area contributed by atoms with Crippen molar-refractivity contribution in [3.63, 3.8) is 0 Å². The van der Waals surface area contributed by atoms with Crippen LogP contribution in [-0.4, -0.2) is 61.9 Å². The van der Waals surface area contributed by atoms with E-state index in [1.165, 1.54) is 0 Å². The summed E-state index contributed by atoms with van der Waals surface area (Å²) >= 11 is 0. The molecule has 18 heavy (non-hydrogen) atoms. The van der Waals surface area contributed by atoms with Crippen molar-refractivity contribution in [2.75, 3.05) is 45.9 Å². The van der Waals surface area contributed by atoms with Gasteiger partial charge in [-0.3, -0.25) is 4.90 Å². The number of carboxylic acid groups (broad SMARTS) is 1. The fourth-order valence-corrected chi connectivity index (χ4v) is 1.93. The van der Waals surface area contributed by atoms with Crippen LogP contribution in [0, 0.1) is 0 Å². The van der Waals surface area contributed by atoms with Crippen molar-refractivity contribution < 1.29 is 14.6 Å². The van der Waals surface area contributed by atoms with Crippen molar-refractivity contribution in [3.8, 4) is 0 Å². The average Bonchev–Trinajstić information content (AvgIpc) is 2.38. The molecular formula is C13H24N2O3. The van der Waals surface area contributed by atoms with Gasteiger partial charge in [-0.05, 0) is 25.9 Å². The molecule has 1 rings (SSSR count). The summed E-state index contributed by atoms with van der Waals surface area (Å²) in [5.41, 5.74) is 0.482. The Bertz CT molecular complexity index is 273. The number of morpholine rings is 1. The highest BCUT2D eigenvalue weighted by Crippen LogP contribution is 1.99. The van der Waals surface area contributed by atoms with Crippen molar-refractivity contribution in [2.24, 2.45) is 0 Å². The Morgan fingerprint density at radius 2 is 2.17 bits per heavy atom. The predicted octanol–water partition coefficient (Wildman–Crippen LogP) is 0.719. The lowest BCUT2D eigenvalue weighted by molar-refractivity contribution is -0.132. The summed E-state index contributed by atoms with van der Waals surface area (Å²) in [6, 6.07) is 0. The second-order valence-electron chi connectivity index (χ2n) is 4.40. The summed E-state index contributed by atoms with van der Waals surface area (Å²) in [7, 11) is 0. The van der Waals surface area contributed by atoms with Gasteiger partial charge in [0, 0.05) is 25.2 Å². The zero-order chi connectivity index (χ0) is 13.2. The zero-order valence-corrected chi connectivity index (χ0v) is 11.2. The van der Waals surface area contributed by atoms with Crippen LogP contribution in [0.4, 0.5) is 0 Å². The summed E-state index contributed by atoms with van der Waals surface area (Å²) in [5.74, 6) is -0.812. The number of hydrogen-bond donors (Lipinski definition) is 2. The van der Waals surface area contributed by atoms with Crippen LogP contribution in [-0.2, 0) is 9.53 Å². The molecule has 0 saturated carbocycles. The maximum Gasteiger partial charge on any atom is 0.331 e. The van der Waals surface area contributed by atoms with Gasteiger partial charge in [0.15, 0.2) is 0 Å². The smallest absolute Gasteiger partial charge is 0.331 e. The molecule has 0 aromatic heterocycles. The first kappa shape index (κ1) is 15.1. The molecule has 0 unspecified atom stereocenters. The Balaban J connectivity index is 2.02. The second-order valence-corrected chi connectivity index (χ2v) is 4.40. The molecule has 1 aliphatic heterocycles. The Kier molecular flexibility index (Phi) is 7.64. The minimum absolute atomic E-state index is 0.482. The van der Waals surface area contributed by atoms with E-state index < -0.39 is 5.97 Å². The number of nitrogens with one attached hydrogen (secondary N) is 1. The lowest BCUT2D eigenvalue weighted by Gasteiger charge is -2.26. The fraction of sp³-hybridized carbons (Fsp3) is 0.769. The minimum atomic E-state index is -0.812. The van der Waals surface area contributed by atoms with Gasteiger partial charge in [0.05, 0.1) is 13.2 Å². The van der Waals surface area contributed by atoms with Crippen LogP contribution in [0.15, 0.2) is 11.6 Å². The Morgan fingerprint density at radius 1 is 1.44 bits per heavy atom. The predicted molar refractivity (Wildman–Crippen MR) is 70.8 cm³/mol. The molecule has 0 aliphatic carbocycles. The molecule has 1 fully saturated rings. The van der Waals surface area contributed by atoms with E-state index in [-0.39, 0.29) is 0 Å². The van der Waals surface area contributed by atoms with Crippen LogP contribution in [0.1, 0.15) is 19.8 Å². The quantitative estimate of drug-likeness (QED) is 0.495. The van der Waals surface area contributed by atoms with Gasteiger partial charge in [-0.15, -0.1) is 0 Å². The normalized spacial score (nSPS) is 17.9. The van der Waals surface area contributed by atoms with Gasteiger partial charge in [0.25, 0.3) is 0 Å². The molecule has 1 heterocycles. The van der Waals surface area contributed by atoms with Crippen molar-refractivity contribution in [2.45, 2.75) is 19.8 Å². The number of rotatable bonds is 8. The molecule has 1 aliphatic rings. The Hall–Kier alpha value is -0.910. The van der Waals surface area contributed by atoms with Crippen LogP contribution < -0.4 is 5.32 Å². The summed E-state index contributed by atoms with van der Waals surface area (Å²) in [5, 5.41) is 12.1. The lowest BCUT2D eigenvalue weighted by atomic mass is 10.2. The van der Waals surface area contributed by atoms with E-state index in [2.05, 4.69) is 10.2 Å². The molecular weight excluding hydrogens is 232 g/mol.